The van der Waals surface area contributed by atoms with Crippen molar-refractivity contribution in [1.82, 2.24) is 10.2 Å². The molecule has 2 aliphatic rings. The topological polar surface area (TPSA) is 67.6 Å². The molecule has 1 aliphatic carbocycles. The zero-order valence-electron chi connectivity index (χ0n) is 16.1. The Kier molecular flexibility index (Phi) is 10.1. The third-order valence-electron chi connectivity index (χ3n) is 5.37. The number of ether oxygens (including phenoxy) is 1. The lowest BCUT2D eigenvalue weighted by Crippen LogP contribution is -2.54. The molecular formula is C20H33Cl2N3O2. The van der Waals surface area contributed by atoms with Gasteiger partial charge >= 0.3 is 0 Å². The number of carbonyl (C=O) groups excluding carboxylic acids is 1. The minimum atomic E-state index is -0.667. The molecule has 0 radical (unpaired) electrons. The average molecular weight is 418 g/mol. The summed E-state index contributed by atoms with van der Waals surface area (Å²) in [5.74, 6) is -0.000364. The van der Waals surface area contributed by atoms with E-state index in [0.717, 1.165) is 57.5 Å². The van der Waals surface area contributed by atoms with Crippen LogP contribution in [-0.4, -0.2) is 42.1 Å². The highest BCUT2D eigenvalue weighted by molar-refractivity contribution is 5.86. The molecule has 0 bridgehead atoms. The van der Waals surface area contributed by atoms with Gasteiger partial charge in [-0.3, -0.25) is 9.69 Å². The summed E-state index contributed by atoms with van der Waals surface area (Å²) < 4.78 is 5.60. The molecule has 0 spiro atoms. The van der Waals surface area contributed by atoms with Crippen molar-refractivity contribution in [2.24, 2.45) is 5.73 Å². The summed E-state index contributed by atoms with van der Waals surface area (Å²) in [4.78, 5) is 14.9. The Morgan fingerprint density at radius 2 is 1.96 bits per heavy atom. The minimum Gasteiger partial charge on any atom is -0.376 e. The van der Waals surface area contributed by atoms with E-state index in [1.165, 1.54) is 12.0 Å². The molecule has 1 saturated heterocycles. The highest BCUT2D eigenvalue weighted by Crippen LogP contribution is 2.26. The summed E-state index contributed by atoms with van der Waals surface area (Å²) >= 11 is 0. The maximum absolute atomic E-state index is 12.5. The van der Waals surface area contributed by atoms with E-state index in [1.807, 2.05) is 0 Å². The summed E-state index contributed by atoms with van der Waals surface area (Å²) in [7, 11) is 0. The van der Waals surface area contributed by atoms with Gasteiger partial charge in [0.05, 0.1) is 18.2 Å². The summed E-state index contributed by atoms with van der Waals surface area (Å²) in [6.45, 7) is 6.33. The van der Waals surface area contributed by atoms with Crippen LogP contribution in [0.4, 0.5) is 0 Å². The molecule has 3 rings (SSSR count). The molecule has 154 valence electrons. The van der Waals surface area contributed by atoms with Gasteiger partial charge in [0, 0.05) is 26.2 Å². The molecule has 3 N–H and O–H groups in total. The second-order valence-electron chi connectivity index (χ2n) is 7.64. The molecule has 1 atom stereocenters. The number of benzene rings is 1. The fourth-order valence-corrected chi connectivity index (χ4v) is 3.90. The molecule has 27 heavy (non-hydrogen) atoms. The Morgan fingerprint density at radius 3 is 2.67 bits per heavy atom. The van der Waals surface area contributed by atoms with Crippen molar-refractivity contribution in [3.63, 3.8) is 0 Å². The molecular weight excluding hydrogens is 385 g/mol. The number of nitrogens with two attached hydrogens (primary N) is 1. The largest absolute Gasteiger partial charge is 0.376 e. The highest BCUT2D eigenvalue weighted by atomic mass is 35.5. The lowest BCUT2D eigenvalue weighted by atomic mass is 9.82. The quantitative estimate of drug-likeness (QED) is 0.772. The maximum atomic E-state index is 12.5. The van der Waals surface area contributed by atoms with Gasteiger partial charge in [0.15, 0.2) is 0 Å². The van der Waals surface area contributed by atoms with Gasteiger partial charge in [-0.2, -0.15) is 0 Å². The van der Waals surface area contributed by atoms with Gasteiger partial charge in [-0.15, -0.1) is 24.8 Å². The van der Waals surface area contributed by atoms with E-state index in [1.54, 1.807) is 0 Å². The number of amides is 1. The molecule has 5 nitrogen and oxygen atoms in total. The number of rotatable bonds is 5. The number of nitrogens with one attached hydrogen (secondary N) is 1. The van der Waals surface area contributed by atoms with Crippen molar-refractivity contribution in [2.45, 2.75) is 63.8 Å². The molecule has 1 aromatic rings. The monoisotopic (exact) mass is 417 g/mol. The SMILES string of the molecule is CC1CN(Cc2cccc(CNC(=O)C3(N)CCCCC3)c2)CCO1.Cl.Cl. The lowest BCUT2D eigenvalue weighted by Gasteiger charge is -2.32. The maximum Gasteiger partial charge on any atom is 0.240 e. The summed E-state index contributed by atoms with van der Waals surface area (Å²) in [5.41, 5.74) is 8.05. The number of hydrogen-bond acceptors (Lipinski definition) is 4. The lowest BCUT2D eigenvalue weighted by molar-refractivity contribution is -0.127. The van der Waals surface area contributed by atoms with Crippen molar-refractivity contribution in [3.05, 3.63) is 35.4 Å². The van der Waals surface area contributed by atoms with Gasteiger partial charge in [-0.05, 0) is 30.9 Å². The predicted octanol–water partition coefficient (Wildman–Crippen LogP) is 3.03. The molecule has 2 fully saturated rings. The fraction of sp³-hybridized carbons (Fsp3) is 0.650. The smallest absolute Gasteiger partial charge is 0.240 e. The van der Waals surface area contributed by atoms with Gasteiger partial charge in [0.25, 0.3) is 0 Å². The molecule has 1 unspecified atom stereocenters. The van der Waals surface area contributed by atoms with Crippen LogP contribution in [0.1, 0.15) is 50.2 Å². The number of halogens is 2. The zero-order valence-corrected chi connectivity index (χ0v) is 17.7. The van der Waals surface area contributed by atoms with E-state index in [9.17, 15) is 4.79 Å². The van der Waals surface area contributed by atoms with E-state index in [4.69, 9.17) is 10.5 Å². The highest BCUT2D eigenvalue weighted by Gasteiger charge is 2.34. The van der Waals surface area contributed by atoms with Crippen LogP contribution in [0.2, 0.25) is 0 Å². The Bertz CT molecular complexity index is 594. The summed E-state index contributed by atoms with van der Waals surface area (Å²) in [6.07, 6.45) is 5.19. The van der Waals surface area contributed by atoms with Crippen molar-refractivity contribution < 1.29 is 9.53 Å². The minimum absolute atomic E-state index is 0. The number of morpholine rings is 1. The Hall–Kier alpha value is -0.850. The molecule has 7 heteroatoms. The van der Waals surface area contributed by atoms with Crippen molar-refractivity contribution >= 4 is 30.7 Å². The number of carbonyl (C=O) groups is 1. The average Bonchev–Trinajstić information content (AvgIpc) is 2.61. The van der Waals surface area contributed by atoms with Gasteiger partial charge in [-0.1, -0.05) is 43.5 Å². The van der Waals surface area contributed by atoms with Crippen LogP contribution in [0.5, 0.6) is 0 Å². The van der Waals surface area contributed by atoms with Crippen molar-refractivity contribution in [3.8, 4) is 0 Å². The molecule has 1 aliphatic heterocycles. The van der Waals surface area contributed by atoms with Gasteiger partial charge in [0.1, 0.15) is 0 Å². The van der Waals surface area contributed by atoms with Crippen LogP contribution >= 0.6 is 24.8 Å². The first kappa shape index (κ1) is 24.2. The first-order valence-electron chi connectivity index (χ1n) is 9.54. The third kappa shape index (κ3) is 6.91. The number of hydrogen-bond donors (Lipinski definition) is 2. The molecule has 1 amide bonds. The normalized spacial score (nSPS) is 22.2. The molecule has 1 heterocycles. The van der Waals surface area contributed by atoms with Crippen LogP contribution in [0, 0.1) is 0 Å². The summed E-state index contributed by atoms with van der Waals surface area (Å²) in [5, 5.41) is 3.05. The van der Waals surface area contributed by atoms with Crippen LogP contribution in [0.15, 0.2) is 24.3 Å². The third-order valence-corrected chi connectivity index (χ3v) is 5.37. The van der Waals surface area contributed by atoms with Crippen LogP contribution in [-0.2, 0) is 22.6 Å². The van der Waals surface area contributed by atoms with Crippen LogP contribution in [0.3, 0.4) is 0 Å². The van der Waals surface area contributed by atoms with Crippen LogP contribution in [0.25, 0.3) is 0 Å². The summed E-state index contributed by atoms with van der Waals surface area (Å²) in [6, 6.07) is 8.47. The van der Waals surface area contributed by atoms with Gasteiger partial charge in [-0.25, -0.2) is 0 Å². The fourth-order valence-electron chi connectivity index (χ4n) is 3.90. The van der Waals surface area contributed by atoms with E-state index >= 15 is 0 Å². The molecule has 1 aromatic carbocycles. The van der Waals surface area contributed by atoms with Crippen LogP contribution < -0.4 is 11.1 Å². The second-order valence-corrected chi connectivity index (χ2v) is 7.64. The van der Waals surface area contributed by atoms with E-state index in [2.05, 4.69) is 41.4 Å². The van der Waals surface area contributed by atoms with Crippen molar-refractivity contribution in [2.75, 3.05) is 19.7 Å². The first-order valence-corrected chi connectivity index (χ1v) is 9.54. The van der Waals surface area contributed by atoms with E-state index in [-0.39, 0.29) is 30.7 Å². The first-order chi connectivity index (χ1) is 12.0. The Balaban J connectivity index is 0.00000182. The van der Waals surface area contributed by atoms with Crippen molar-refractivity contribution in [1.29, 1.82) is 0 Å². The molecule has 0 aromatic heterocycles. The standard InChI is InChI=1S/C20H31N3O2.2ClH/c1-16-14-23(10-11-25-16)15-18-7-5-6-17(12-18)13-22-19(24)20(21)8-3-2-4-9-20;;/h5-7,12,16H,2-4,8-11,13-15,21H2,1H3,(H,22,24);2*1H. The van der Waals surface area contributed by atoms with E-state index in [0.29, 0.717) is 12.6 Å². The van der Waals surface area contributed by atoms with Gasteiger partial charge in [0.2, 0.25) is 5.91 Å². The van der Waals surface area contributed by atoms with E-state index < -0.39 is 5.54 Å². The Morgan fingerprint density at radius 1 is 1.26 bits per heavy atom. The Labute approximate surface area is 175 Å². The molecule has 1 saturated carbocycles. The second kappa shape index (κ2) is 11.2. The zero-order chi connectivity index (χ0) is 17.7. The predicted molar refractivity (Wildman–Crippen MR) is 113 cm³/mol. The van der Waals surface area contributed by atoms with Gasteiger partial charge < -0.3 is 15.8 Å². The number of nitrogens with zero attached hydrogens (tertiary/aromatic N) is 1.